The van der Waals surface area contributed by atoms with Gasteiger partial charge in [0.2, 0.25) is 0 Å². The Morgan fingerprint density at radius 3 is 2.62 bits per heavy atom. The van der Waals surface area contributed by atoms with E-state index in [0.29, 0.717) is 33.7 Å². The Balaban J connectivity index is 2.18. The highest BCUT2D eigenvalue weighted by atomic mass is 35.5. The molecule has 0 aromatic heterocycles. The fourth-order valence-corrected chi connectivity index (χ4v) is 2.06. The first-order valence-electron chi connectivity index (χ1n) is 6.60. The molecule has 0 bridgehead atoms. The molecule has 2 rings (SSSR count). The monoisotopic (exact) mass is 323 g/mol. The predicted molar refractivity (Wildman–Crippen MR) is 86.6 cm³/mol. The van der Waals surface area contributed by atoms with Gasteiger partial charge in [-0.3, -0.25) is 4.79 Å². The van der Waals surface area contributed by atoms with Crippen LogP contribution in [0.2, 0.25) is 10.0 Å². The molecule has 0 heterocycles. The summed E-state index contributed by atoms with van der Waals surface area (Å²) in [6.07, 6.45) is 0.878. The first-order valence-corrected chi connectivity index (χ1v) is 7.35. The molecule has 0 saturated heterocycles. The summed E-state index contributed by atoms with van der Waals surface area (Å²) in [7, 11) is 0. The Kier molecular flexibility index (Phi) is 5.48. The lowest BCUT2D eigenvalue weighted by Gasteiger charge is -2.11. The van der Waals surface area contributed by atoms with E-state index in [4.69, 9.17) is 27.9 Å². The average Bonchev–Trinajstić information content (AvgIpc) is 2.49. The average molecular weight is 324 g/mol. The molecule has 21 heavy (non-hydrogen) atoms. The number of anilines is 1. The number of hydrogen-bond acceptors (Lipinski definition) is 2. The number of rotatable bonds is 5. The normalized spacial score (nSPS) is 10.2. The summed E-state index contributed by atoms with van der Waals surface area (Å²) in [6.45, 7) is 2.58. The lowest BCUT2D eigenvalue weighted by atomic mass is 10.2. The van der Waals surface area contributed by atoms with E-state index >= 15 is 0 Å². The molecule has 2 aromatic carbocycles. The highest BCUT2D eigenvalue weighted by Gasteiger charge is 2.12. The molecule has 0 spiro atoms. The van der Waals surface area contributed by atoms with Crippen LogP contribution in [0, 0.1) is 0 Å². The molecule has 0 atom stereocenters. The van der Waals surface area contributed by atoms with Gasteiger partial charge in [0.25, 0.3) is 5.91 Å². The first-order chi connectivity index (χ1) is 10.1. The van der Waals surface area contributed by atoms with E-state index in [2.05, 4.69) is 5.32 Å². The molecule has 1 amide bonds. The molecule has 0 fully saturated rings. The fourth-order valence-electron chi connectivity index (χ4n) is 1.76. The zero-order valence-electron chi connectivity index (χ0n) is 11.5. The molecular weight excluding hydrogens is 309 g/mol. The predicted octanol–water partition coefficient (Wildman–Crippen LogP) is 5.03. The Hall–Kier alpha value is -1.71. The third-order valence-corrected chi connectivity index (χ3v) is 3.51. The van der Waals surface area contributed by atoms with Crippen molar-refractivity contribution >= 4 is 34.8 Å². The molecule has 2 aromatic rings. The maximum Gasteiger partial charge on any atom is 0.259 e. The van der Waals surface area contributed by atoms with Gasteiger partial charge in [-0.25, -0.2) is 0 Å². The van der Waals surface area contributed by atoms with Gasteiger partial charge in [-0.05, 0) is 36.8 Å². The van der Waals surface area contributed by atoms with Crippen molar-refractivity contribution in [3.05, 3.63) is 58.1 Å². The minimum absolute atomic E-state index is 0.250. The van der Waals surface area contributed by atoms with Crippen LogP contribution in [0.1, 0.15) is 23.7 Å². The van der Waals surface area contributed by atoms with Crippen molar-refractivity contribution in [1.29, 1.82) is 0 Å². The second-order valence-electron chi connectivity index (χ2n) is 4.43. The molecule has 110 valence electrons. The SMILES string of the molecule is CCCOc1ccccc1C(=O)Nc1ccc(Cl)c(Cl)c1. The minimum Gasteiger partial charge on any atom is -0.493 e. The summed E-state index contributed by atoms with van der Waals surface area (Å²) in [6, 6.07) is 12.1. The maximum atomic E-state index is 12.3. The standard InChI is InChI=1S/C16H15Cl2NO2/c1-2-9-21-15-6-4-3-5-12(15)16(20)19-11-7-8-13(17)14(18)10-11/h3-8,10H,2,9H2,1H3,(H,19,20). The van der Waals surface area contributed by atoms with Gasteiger partial charge < -0.3 is 10.1 Å². The number of carbonyl (C=O) groups excluding carboxylic acids is 1. The van der Waals surface area contributed by atoms with Gasteiger partial charge >= 0.3 is 0 Å². The van der Waals surface area contributed by atoms with E-state index in [1.165, 1.54) is 0 Å². The van der Waals surface area contributed by atoms with Gasteiger partial charge in [-0.1, -0.05) is 42.3 Å². The van der Waals surface area contributed by atoms with Crippen LogP contribution in [0.5, 0.6) is 5.75 Å². The number of benzene rings is 2. The number of ether oxygens (including phenoxy) is 1. The third-order valence-electron chi connectivity index (χ3n) is 2.77. The number of hydrogen-bond donors (Lipinski definition) is 1. The lowest BCUT2D eigenvalue weighted by molar-refractivity contribution is 0.102. The second kappa shape index (κ2) is 7.34. The molecule has 0 saturated carbocycles. The van der Waals surface area contributed by atoms with Crippen molar-refractivity contribution in [3.63, 3.8) is 0 Å². The van der Waals surface area contributed by atoms with Crippen molar-refractivity contribution in [3.8, 4) is 5.75 Å². The van der Waals surface area contributed by atoms with Crippen molar-refractivity contribution < 1.29 is 9.53 Å². The summed E-state index contributed by atoms with van der Waals surface area (Å²) in [5, 5.41) is 3.62. The third kappa shape index (κ3) is 4.13. The van der Waals surface area contributed by atoms with Crippen molar-refractivity contribution in [2.24, 2.45) is 0 Å². The van der Waals surface area contributed by atoms with Gasteiger partial charge in [-0.2, -0.15) is 0 Å². The summed E-state index contributed by atoms with van der Waals surface area (Å²) >= 11 is 11.8. The molecule has 0 aliphatic rings. The fraction of sp³-hybridized carbons (Fsp3) is 0.188. The molecule has 0 unspecified atom stereocenters. The highest BCUT2D eigenvalue weighted by molar-refractivity contribution is 6.42. The number of carbonyl (C=O) groups is 1. The lowest BCUT2D eigenvalue weighted by Crippen LogP contribution is -2.13. The van der Waals surface area contributed by atoms with E-state index in [0.717, 1.165) is 6.42 Å². The van der Waals surface area contributed by atoms with Crippen LogP contribution in [-0.2, 0) is 0 Å². The van der Waals surface area contributed by atoms with Gasteiger partial charge in [-0.15, -0.1) is 0 Å². The molecule has 0 aliphatic heterocycles. The van der Waals surface area contributed by atoms with E-state index in [9.17, 15) is 4.79 Å². The van der Waals surface area contributed by atoms with Gasteiger partial charge in [0.05, 0.1) is 22.2 Å². The van der Waals surface area contributed by atoms with Crippen LogP contribution in [-0.4, -0.2) is 12.5 Å². The highest BCUT2D eigenvalue weighted by Crippen LogP contribution is 2.26. The summed E-state index contributed by atoms with van der Waals surface area (Å²) in [5.74, 6) is 0.317. The van der Waals surface area contributed by atoms with Crippen LogP contribution >= 0.6 is 23.2 Å². The Labute approximate surface area is 133 Å². The first kappa shape index (κ1) is 15.7. The van der Waals surface area contributed by atoms with Crippen LogP contribution in [0.15, 0.2) is 42.5 Å². The summed E-state index contributed by atoms with van der Waals surface area (Å²) < 4.78 is 5.58. The zero-order valence-corrected chi connectivity index (χ0v) is 13.0. The van der Waals surface area contributed by atoms with Crippen LogP contribution < -0.4 is 10.1 Å². The summed E-state index contributed by atoms with van der Waals surface area (Å²) in [5.41, 5.74) is 1.07. The van der Waals surface area contributed by atoms with Crippen molar-refractivity contribution in [1.82, 2.24) is 0 Å². The van der Waals surface area contributed by atoms with Crippen molar-refractivity contribution in [2.75, 3.05) is 11.9 Å². The van der Waals surface area contributed by atoms with Gasteiger partial charge in [0.1, 0.15) is 5.75 Å². The second-order valence-corrected chi connectivity index (χ2v) is 5.24. The molecule has 3 nitrogen and oxygen atoms in total. The molecular formula is C16H15Cl2NO2. The van der Waals surface area contributed by atoms with Crippen LogP contribution in [0.25, 0.3) is 0 Å². The van der Waals surface area contributed by atoms with Gasteiger partial charge in [0.15, 0.2) is 0 Å². The largest absolute Gasteiger partial charge is 0.493 e. The van der Waals surface area contributed by atoms with Gasteiger partial charge in [0, 0.05) is 5.69 Å². The van der Waals surface area contributed by atoms with E-state index in [1.807, 2.05) is 13.0 Å². The van der Waals surface area contributed by atoms with Crippen molar-refractivity contribution in [2.45, 2.75) is 13.3 Å². The maximum absolute atomic E-state index is 12.3. The topological polar surface area (TPSA) is 38.3 Å². The zero-order chi connectivity index (χ0) is 15.2. The number of amides is 1. The Bertz CT molecular complexity index is 644. The Morgan fingerprint density at radius 2 is 1.90 bits per heavy atom. The number of nitrogens with one attached hydrogen (secondary N) is 1. The summed E-state index contributed by atoms with van der Waals surface area (Å²) in [4.78, 5) is 12.3. The molecule has 0 aliphatic carbocycles. The van der Waals surface area contributed by atoms with Crippen LogP contribution in [0.3, 0.4) is 0 Å². The molecule has 1 N–H and O–H groups in total. The quantitative estimate of drug-likeness (QED) is 0.837. The van der Waals surface area contributed by atoms with E-state index in [-0.39, 0.29) is 5.91 Å². The van der Waals surface area contributed by atoms with E-state index < -0.39 is 0 Å². The van der Waals surface area contributed by atoms with Crippen LogP contribution in [0.4, 0.5) is 5.69 Å². The minimum atomic E-state index is -0.250. The number of para-hydroxylation sites is 1. The number of halogens is 2. The smallest absolute Gasteiger partial charge is 0.259 e. The Morgan fingerprint density at radius 1 is 1.14 bits per heavy atom. The van der Waals surface area contributed by atoms with E-state index in [1.54, 1.807) is 36.4 Å². The molecule has 5 heteroatoms. The molecule has 0 radical (unpaired) electrons.